The Hall–Kier alpha value is -3.12. The SMILES string of the molecule is COc1cccc2c1nc(C(F)F)n2-c1nc(N2CCOCC2)nc(N2C[C@H](C)O[C@@H](C)C2)n1. The predicted octanol–water partition coefficient (Wildman–Crippen LogP) is 2.61. The van der Waals surface area contributed by atoms with Gasteiger partial charge in [0, 0.05) is 26.2 Å². The Morgan fingerprint density at radius 2 is 1.59 bits per heavy atom. The van der Waals surface area contributed by atoms with Crippen LogP contribution in [0.2, 0.25) is 0 Å². The fourth-order valence-electron chi connectivity index (χ4n) is 4.44. The van der Waals surface area contributed by atoms with Gasteiger partial charge in [0.1, 0.15) is 11.3 Å². The highest BCUT2D eigenvalue weighted by atomic mass is 19.3. The summed E-state index contributed by atoms with van der Waals surface area (Å²) in [7, 11) is 1.48. The molecule has 2 saturated heterocycles. The van der Waals surface area contributed by atoms with Crippen molar-refractivity contribution in [1.82, 2.24) is 24.5 Å². The summed E-state index contributed by atoms with van der Waals surface area (Å²) in [4.78, 5) is 22.2. The molecule has 2 aliphatic heterocycles. The molecule has 2 atom stereocenters. The van der Waals surface area contributed by atoms with Crippen LogP contribution in [0.25, 0.3) is 17.0 Å². The molecule has 34 heavy (non-hydrogen) atoms. The van der Waals surface area contributed by atoms with Gasteiger partial charge in [-0.2, -0.15) is 15.0 Å². The summed E-state index contributed by atoms with van der Waals surface area (Å²) in [5.74, 6) is 0.868. The number of imidazole rings is 1. The van der Waals surface area contributed by atoms with Gasteiger partial charge in [-0.15, -0.1) is 0 Å². The van der Waals surface area contributed by atoms with Crippen LogP contribution in [-0.2, 0) is 9.47 Å². The number of ether oxygens (including phenoxy) is 3. The van der Waals surface area contributed by atoms with Crippen LogP contribution in [0, 0.1) is 0 Å². The van der Waals surface area contributed by atoms with Crippen molar-refractivity contribution in [3.63, 3.8) is 0 Å². The number of fused-ring (bicyclic) bond motifs is 1. The number of alkyl halides is 2. The minimum absolute atomic E-state index is 0.0224. The van der Waals surface area contributed by atoms with Crippen LogP contribution in [0.4, 0.5) is 20.7 Å². The van der Waals surface area contributed by atoms with Crippen LogP contribution in [0.15, 0.2) is 18.2 Å². The molecule has 1 aromatic carbocycles. The smallest absolute Gasteiger partial charge is 0.296 e. The predicted molar refractivity (Wildman–Crippen MR) is 121 cm³/mol. The molecule has 0 bridgehead atoms. The van der Waals surface area contributed by atoms with Gasteiger partial charge in [0.15, 0.2) is 5.82 Å². The number of aromatic nitrogens is 5. The monoisotopic (exact) mass is 475 g/mol. The Labute approximate surface area is 195 Å². The summed E-state index contributed by atoms with van der Waals surface area (Å²) >= 11 is 0. The van der Waals surface area contributed by atoms with Crippen LogP contribution in [-0.4, -0.2) is 83.2 Å². The normalized spacial score (nSPS) is 21.5. The fraction of sp³-hybridized carbons (Fsp3) is 0.545. The van der Waals surface area contributed by atoms with E-state index in [1.54, 1.807) is 18.2 Å². The third-order valence-electron chi connectivity index (χ3n) is 5.89. The number of benzene rings is 1. The van der Waals surface area contributed by atoms with E-state index in [1.807, 2.05) is 23.6 Å². The molecule has 0 amide bonds. The first-order valence-corrected chi connectivity index (χ1v) is 11.3. The highest BCUT2D eigenvalue weighted by molar-refractivity contribution is 5.84. The average Bonchev–Trinajstić information content (AvgIpc) is 3.24. The van der Waals surface area contributed by atoms with Crippen molar-refractivity contribution in [3.05, 3.63) is 24.0 Å². The molecule has 2 aliphatic rings. The van der Waals surface area contributed by atoms with Gasteiger partial charge in [0.25, 0.3) is 6.43 Å². The van der Waals surface area contributed by atoms with Gasteiger partial charge in [0.2, 0.25) is 17.8 Å². The number of halogens is 2. The van der Waals surface area contributed by atoms with Gasteiger partial charge in [-0.05, 0) is 26.0 Å². The van der Waals surface area contributed by atoms with E-state index in [-0.39, 0.29) is 18.2 Å². The van der Waals surface area contributed by atoms with Gasteiger partial charge < -0.3 is 24.0 Å². The molecule has 10 nitrogen and oxygen atoms in total. The summed E-state index contributed by atoms with van der Waals surface area (Å²) in [5.41, 5.74) is 0.757. The first kappa shape index (κ1) is 22.7. The molecule has 4 heterocycles. The number of hydrogen-bond donors (Lipinski definition) is 0. The molecular formula is C22H27F2N7O3. The largest absolute Gasteiger partial charge is 0.494 e. The summed E-state index contributed by atoms with van der Waals surface area (Å²) < 4.78 is 46.3. The highest BCUT2D eigenvalue weighted by Crippen LogP contribution is 2.32. The molecule has 182 valence electrons. The van der Waals surface area contributed by atoms with E-state index in [4.69, 9.17) is 19.2 Å². The molecular weight excluding hydrogens is 448 g/mol. The zero-order chi connectivity index (χ0) is 23.8. The molecule has 0 N–H and O–H groups in total. The summed E-state index contributed by atoms with van der Waals surface area (Å²) in [6.45, 7) is 7.40. The molecule has 2 fully saturated rings. The zero-order valence-corrected chi connectivity index (χ0v) is 19.3. The van der Waals surface area contributed by atoms with Crippen molar-refractivity contribution < 1.29 is 23.0 Å². The van der Waals surface area contributed by atoms with Crippen LogP contribution >= 0.6 is 0 Å². The maximum Gasteiger partial charge on any atom is 0.296 e. The molecule has 0 spiro atoms. The first-order valence-electron chi connectivity index (χ1n) is 11.3. The second kappa shape index (κ2) is 9.26. The number of methoxy groups -OCH3 is 1. The van der Waals surface area contributed by atoms with E-state index < -0.39 is 12.2 Å². The Morgan fingerprint density at radius 3 is 2.24 bits per heavy atom. The van der Waals surface area contributed by atoms with Crippen LogP contribution in [0.1, 0.15) is 26.1 Å². The number of hydrogen-bond acceptors (Lipinski definition) is 9. The number of anilines is 2. The maximum atomic E-state index is 14.2. The van der Waals surface area contributed by atoms with Crippen molar-refractivity contribution in [2.75, 3.05) is 56.3 Å². The summed E-state index contributed by atoms with van der Waals surface area (Å²) in [6, 6.07) is 5.11. The van der Waals surface area contributed by atoms with E-state index >= 15 is 0 Å². The van der Waals surface area contributed by atoms with E-state index in [2.05, 4.69) is 15.0 Å². The van der Waals surface area contributed by atoms with E-state index in [9.17, 15) is 8.78 Å². The lowest BCUT2D eigenvalue weighted by Crippen LogP contribution is -2.46. The van der Waals surface area contributed by atoms with Crippen molar-refractivity contribution in [3.8, 4) is 11.7 Å². The summed E-state index contributed by atoms with van der Waals surface area (Å²) in [5, 5.41) is 0. The fourth-order valence-corrected chi connectivity index (χ4v) is 4.44. The van der Waals surface area contributed by atoms with E-state index in [0.29, 0.717) is 68.1 Å². The molecule has 12 heteroatoms. The summed E-state index contributed by atoms with van der Waals surface area (Å²) in [6.07, 6.45) is -2.89. The zero-order valence-electron chi connectivity index (χ0n) is 19.3. The average molecular weight is 476 g/mol. The number of nitrogens with zero attached hydrogens (tertiary/aromatic N) is 7. The van der Waals surface area contributed by atoms with Crippen LogP contribution in [0.5, 0.6) is 5.75 Å². The second-order valence-corrected chi connectivity index (χ2v) is 8.43. The Bertz CT molecular complexity index is 1160. The molecule has 0 unspecified atom stereocenters. The molecule has 5 rings (SSSR count). The molecule has 0 aliphatic carbocycles. The molecule has 0 saturated carbocycles. The maximum absolute atomic E-state index is 14.2. The Kier molecular flexibility index (Phi) is 6.17. The topological polar surface area (TPSA) is 90.7 Å². The number of morpholine rings is 2. The van der Waals surface area contributed by atoms with E-state index in [0.717, 1.165) is 0 Å². The van der Waals surface area contributed by atoms with Crippen LogP contribution in [0.3, 0.4) is 0 Å². The highest BCUT2D eigenvalue weighted by Gasteiger charge is 2.29. The lowest BCUT2D eigenvalue weighted by atomic mass is 10.2. The Balaban J connectivity index is 1.69. The van der Waals surface area contributed by atoms with Gasteiger partial charge >= 0.3 is 0 Å². The van der Waals surface area contributed by atoms with Crippen molar-refractivity contribution in [1.29, 1.82) is 0 Å². The minimum atomic E-state index is -2.84. The second-order valence-electron chi connectivity index (χ2n) is 8.43. The first-order chi connectivity index (χ1) is 16.4. The molecule has 3 aromatic rings. The van der Waals surface area contributed by atoms with Crippen molar-refractivity contribution in [2.24, 2.45) is 0 Å². The van der Waals surface area contributed by atoms with Crippen molar-refractivity contribution >= 4 is 22.9 Å². The standard InChI is InChI=1S/C22H27F2N7O3/c1-13-11-30(12-14(2)34-13)21-26-20(29-7-9-33-10-8-29)27-22(28-21)31-15-5-4-6-16(32-3)17(15)25-19(31)18(23)24/h4-6,13-14,18H,7-12H2,1-3H3/t13-,14-/m0/s1. The lowest BCUT2D eigenvalue weighted by Gasteiger charge is -2.36. The van der Waals surface area contributed by atoms with Gasteiger partial charge in [-0.3, -0.25) is 4.57 Å². The molecule has 2 aromatic heterocycles. The third-order valence-corrected chi connectivity index (χ3v) is 5.89. The minimum Gasteiger partial charge on any atom is -0.494 e. The quantitative estimate of drug-likeness (QED) is 0.552. The lowest BCUT2D eigenvalue weighted by molar-refractivity contribution is -0.00573. The van der Waals surface area contributed by atoms with Gasteiger partial charge in [0.05, 0.1) is 38.0 Å². The van der Waals surface area contributed by atoms with E-state index in [1.165, 1.54) is 11.7 Å². The number of para-hydroxylation sites is 1. The Morgan fingerprint density at radius 1 is 0.941 bits per heavy atom. The van der Waals surface area contributed by atoms with Crippen molar-refractivity contribution in [2.45, 2.75) is 32.5 Å². The van der Waals surface area contributed by atoms with Gasteiger partial charge in [-0.25, -0.2) is 13.8 Å². The molecule has 0 radical (unpaired) electrons. The third kappa shape index (κ3) is 4.23. The number of rotatable bonds is 5. The van der Waals surface area contributed by atoms with Crippen LogP contribution < -0.4 is 14.5 Å². The van der Waals surface area contributed by atoms with Gasteiger partial charge in [-0.1, -0.05) is 6.07 Å².